The third-order valence-electron chi connectivity index (χ3n) is 4.58. The van der Waals surface area contributed by atoms with Crippen molar-refractivity contribution in [2.45, 2.75) is 12.6 Å². The summed E-state index contributed by atoms with van der Waals surface area (Å²) in [4.78, 5) is 24.8. The second-order valence-electron chi connectivity index (χ2n) is 6.73. The van der Waals surface area contributed by atoms with Gasteiger partial charge in [0.05, 0.1) is 36.6 Å². The average Bonchev–Trinajstić information content (AvgIpc) is 3.03. The minimum absolute atomic E-state index is 0.112. The Balaban J connectivity index is 1.69. The molecule has 10 heteroatoms. The van der Waals surface area contributed by atoms with Crippen LogP contribution in [0, 0.1) is 5.92 Å². The van der Waals surface area contributed by atoms with Crippen molar-refractivity contribution in [2.75, 3.05) is 33.1 Å². The lowest BCUT2D eigenvalue weighted by Crippen LogP contribution is -2.45. The van der Waals surface area contributed by atoms with Crippen LogP contribution in [0.15, 0.2) is 35.3 Å². The summed E-state index contributed by atoms with van der Waals surface area (Å²) in [6, 6.07) is 6.59. The third kappa shape index (κ3) is 4.34. The summed E-state index contributed by atoms with van der Waals surface area (Å²) in [5, 5.41) is 7.99. The topological polar surface area (TPSA) is 111 Å². The van der Waals surface area contributed by atoms with Gasteiger partial charge in [-0.25, -0.2) is 17.4 Å². The molecule has 2 heterocycles. The summed E-state index contributed by atoms with van der Waals surface area (Å²) in [5.41, 5.74) is -0.349. The van der Waals surface area contributed by atoms with Crippen LogP contribution in [0.1, 0.15) is 0 Å². The Labute approximate surface area is 157 Å². The molecular formula is C17H22N4O5S. The van der Waals surface area contributed by atoms with E-state index in [4.69, 9.17) is 4.74 Å². The summed E-state index contributed by atoms with van der Waals surface area (Å²) < 4.78 is 31.8. The molecule has 3 rings (SSSR count). The van der Waals surface area contributed by atoms with Crippen molar-refractivity contribution in [3.63, 3.8) is 0 Å². The van der Waals surface area contributed by atoms with E-state index in [-0.39, 0.29) is 37.0 Å². The molecule has 1 aromatic heterocycles. The zero-order chi connectivity index (χ0) is 19.6. The summed E-state index contributed by atoms with van der Waals surface area (Å²) >= 11 is 0. The number of nitrogens with zero attached hydrogens (tertiary/aromatic N) is 3. The summed E-state index contributed by atoms with van der Waals surface area (Å²) in [5.74, 6) is -0.871. The Morgan fingerprint density at radius 2 is 2.07 bits per heavy atom. The van der Waals surface area contributed by atoms with Gasteiger partial charge in [-0.15, -0.1) is 0 Å². The summed E-state index contributed by atoms with van der Waals surface area (Å²) in [6.07, 6.45) is 1.54. The van der Waals surface area contributed by atoms with E-state index in [1.165, 1.54) is 20.3 Å². The monoisotopic (exact) mass is 394 g/mol. The predicted octanol–water partition coefficient (Wildman–Crippen LogP) is -0.581. The van der Waals surface area contributed by atoms with Gasteiger partial charge in [-0.3, -0.25) is 9.59 Å². The first-order valence-electron chi connectivity index (χ1n) is 8.50. The molecular weight excluding hydrogens is 372 g/mol. The van der Waals surface area contributed by atoms with Crippen LogP contribution in [0.4, 0.5) is 0 Å². The average molecular weight is 394 g/mol. The summed E-state index contributed by atoms with van der Waals surface area (Å²) in [6.45, 7) is 0.249. The Morgan fingerprint density at radius 3 is 2.81 bits per heavy atom. The van der Waals surface area contributed by atoms with Crippen molar-refractivity contribution < 1.29 is 17.9 Å². The Kier molecular flexibility index (Phi) is 5.59. The van der Waals surface area contributed by atoms with Crippen molar-refractivity contribution in [3.05, 3.63) is 40.8 Å². The molecule has 1 saturated heterocycles. The van der Waals surface area contributed by atoms with Crippen LogP contribution < -0.4 is 10.9 Å². The maximum atomic E-state index is 12.4. The Hall–Kier alpha value is -2.30. The Morgan fingerprint density at radius 1 is 1.33 bits per heavy atom. The first-order chi connectivity index (χ1) is 12.8. The van der Waals surface area contributed by atoms with Crippen LogP contribution in [0.25, 0.3) is 10.8 Å². The van der Waals surface area contributed by atoms with E-state index >= 15 is 0 Å². The molecule has 1 aliphatic heterocycles. The fourth-order valence-electron chi connectivity index (χ4n) is 2.97. The van der Waals surface area contributed by atoms with E-state index < -0.39 is 22.0 Å². The van der Waals surface area contributed by atoms with Crippen LogP contribution in [-0.4, -0.2) is 67.5 Å². The van der Waals surface area contributed by atoms with Crippen molar-refractivity contribution in [3.8, 4) is 0 Å². The number of rotatable bonds is 6. The highest BCUT2D eigenvalue weighted by atomic mass is 32.2. The summed E-state index contributed by atoms with van der Waals surface area (Å²) in [7, 11) is -0.468. The molecule has 2 aromatic rings. The first kappa shape index (κ1) is 19.5. The largest absolute Gasteiger partial charge is 0.379 e. The quantitative estimate of drug-likeness (QED) is 0.702. The highest BCUT2D eigenvalue weighted by molar-refractivity contribution is 7.89. The fraction of sp³-hybridized carbons (Fsp3) is 0.471. The zero-order valence-corrected chi connectivity index (χ0v) is 16.0. The van der Waals surface area contributed by atoms with Gasteiger partial charge in [0.1, 0.15) is 6.54 Å². The number of ether oxygens (including phenoxy) is 1. The van der Waals surface area contributed by atoms with Crippen LogP contribution >= 0.6 is 0 Å². The third-order valence-corrected chi connectivity index (χ3v) is 6.54. The number of nitrogens with one attached hydrogen (secondary N) is 1. The number of carbonyl (C=O) groups is 1. The maximum Gasteiger partial charge on any atom is 0.275 e. The lowest BCUT2D eigenvalue weighted by molar-refractivity contribution is -0.122. The first-order valence-corrected chi connectivity index (χ1v) is 10.1. The van der Waals surface area contributed by atoms with Crippen LogP contribution in [0.3, 0.4) is 0 Å². The van der Waals surface area contributed by atoms with Crippen molar-refractivity contribution in [2.24, 2.45) is 5.92 Å². The van der Waals surface area contributed by atoms with Gasteiger partial charge >= 0.3 is 0 Å². The standard InChI is InChI=1S/C17H22N4O5S/c1-20(2)27(24,25)11-13-9-26-10-15(13)19-16(22)8-21-17(23)14-6-4-3-5-12(14)7-18-21/h3-7,13,15H,8-11H2,1-2H3,(H,19,22)/t13-,15-/m0/s1. The molecule has 0 radical (unpaired) electrons. The lowest BCUT2D eigenvalue weighted by atomic mass is 10.1. The van der Waals surface area contributed by atoms with Crippen LogP contribution in [0.2, 0.25) is 0 Å². The molecule has 9 nitrogen and oxygen atoms in total. The zero-order valence-electron chi connectivity index (χ0n) is 15.2. The number of aromatic nitrogens is 2. The van der Waals surface area contributed by atoms with Crippen molar-refractivity contribution in [1.82, 2.24) is 19.4 Å². The van der Waals surface area contributed by atoms with Gasteiger partial charge in [0, 0.05) is 25.4 Å². The van der Waals surface area contributed by atoms with Gasteiger partial charge in [0.2, 0.25) is 15.9 Å². The minimum atomic E-state index is -3.41. The number of hydrogen-bond acceptors (Lipinski definition) is 6. The molecule has 1 amide bonds. The molecule has 0 saturated carbocycles. The van der Waals surface area contributed by atoms with Crippen molar-refractivity contribution in [1.29, 1.82) is 0 Å². The lowest BCUT2D eigenvalue weighted by Gasteiger charge is -2.21. The number of benzene rings is 1. The normalized spacial score (nSPS) is 20.3. The molecule has 27 heavy (non-hydrogen) atoms. The second kappa shape index (κ2) is 7.75. The highest BCUT2D eigenvalue weighted by Gasteiger charge is 2.34. The predicted molar refractivity (Wildman–Crippen MR) is 99.7 cm³/mol. The molecule has 0 bridgehead atoms. The van der Waals surface area contributed by atoms with E-state index in [1.807, 2.05) is 6.07 Å². The van der Waals surface area contributed by atoms with Gasteiger partial charge in [-0.2, -0.15) is 5.10 Å². The number of amides is 1. The molecule has 1 fully saturated rings. The van der Waals surface area contributed by atoms with Gasteiger partial charge in [0.15, 0.2) is 0 Å². The highest BCUT2D eigenvalue weighted by Crippen LogP contribution is 2.17. The van der Waals surface area contributed by atoms with E-state index in [9.17, 15) is 18.0 Å². The number of carbonyl (C=O) groups excluding carboxylic acids is 1. The van der Waals surface area contributed by atoms with Crippen molar-refractivity contribution >= 4 is 26.7 Å². The van der Waals surface area contributed by atoms with E-state index in [0.29, 0.717) is 10.8 Å². The van der Waals surface area contributed by atoms with E-state index in [2.05, 4.69) is 10.4 Å². The second-order valence-corrected chi connectivity index (χ2v) is 8.95. The molecule has 1 aliphatic rings. The molecule has 146 valence electrons. The van der Waals surface area contributed by atoms with E-state index in [1.54, 1.807) is 18.2 Å². The fourth-order valence-corrected chi connectivity index (χ4v) is 4.14. The van der Waals surface area contributed by atoms with Crippen LogP contribution in [0.5, 0.6) is 0 Å². The van der Waals surface area contributed by atoms with Gasteiger partial charge in [0.25, 0.3) is 5.56 Å². The Bertz CT molecular complexity index is 1000. The van der Waals surface area contributed by atoms with Gasteiger partial charge in [-0.05, 0) is 6.07 Å². The van der Waals surface area contributed by atoms with Crippen LogP contribution in [-0.2, 0) is 26.1 Å². The molecule has 1 N–H and O–H groups in total. The molecule has 1 aromatic carbocycles. The number of hydrogen-bond donors (Lipinski definition) is 1. The molecule has 0 aliphatic carbocycles. The van der Waals surface area contributed by atoms with E-state index in [0.717, 1.165) is 8.99 Å². The molecule has 2 atom stereocenters. The molecule has 0 spiro atoms. The maximum absolute atomic E-state index is 12.4. The number of sulfonamides is 1. The van der Waals surface area contributed by atoms with Gasteiger partial charge < -0.3 is 10.1 Å². The van der Waals surface area contributed by atoms with Gasteiger partial charge in [-0.1, -0.05) is 18.2 Å². The SMILES string of the molecule is CN(C)S(=O)(=O)C[C@@H]1COC[C@@H]1NC(=O)Cn1ncc2ccccc2c1=O. The smallest absolute Gasteiger partial charge is 0.275 e. The minimum Gasteiger partial charge on any atom is -0.379 e. The molecule has 0 unspecified atom stereocenters. The number of fused-ring (bicyclic) bond motifs is 1.